The van der Waals surface area contributed by atoms with Crippen molar-refractivity contribution in [2.45, 2.75) is 38.8 Å². The van der Waals surface area contributed by atoms with Crippen LogP contribution >= 0.6 is 0 Å². The number of nitrogens with zero attached hydrogens (tertiary/aromatic N) is 2. The molecule has 122 valence electrons. The number of hydrogen-bond donors (Lipinski definition) is 2. The molecule has 0 spiro atoms. The van der Waals surface area contributed by atoms with Gasteiger partial charge in [-0.25, -0.2) is 4.79 Å². The predicted octanol–water partition coefficient (Wildman–Crippen LogP) is 0.602. The molecule has 0 bridgehead atoms. The summed E-state index contributed by atoms with van der Waals surface area (Å²) < 4.78 is 5.26. The Labute approximate surface area is 126 Å². The van der Waals surface area contributed by atoms with E-state index in [2.05, 4.69) is 24.1 Å². The van der Waals surface area contributed by atoms with Crippen LogP contribution in [-0.4, -0.2) is 78.9 Å². The molecular weight excluding hydrogens is 274 g/mol. The molecule has 1 rings (SSSR count). The van der Waals surface area contributed by atoms with Crippen LogP contribution < -0.4 is 5.32 Å². The Kier molecular flexibility index (Phi) is 7.45. The van der Waals surface area contributed by atoms with Crippen molar-refractivity contribution in [2.24, 2.45) is 0 Å². The second-order valence-electron chi connectivity index (χ2n) is 5.49. The Morgan fingerprint density at radius 3 is 2.86 bits per heavy atom. The Morgan fingerprint density at radius 2 is 2.24 bits per heavy atom. The molecule has 1 aliphatic rings. The summed E-state index contributed by atoms with van der Waals surface area (Å²) in [4.78, 5) is 26.7. The molecule has 2 atom stereocenters. The monoisotopic (exact) mass is 301 g/mol. The van der Waals surface area contributed by atoms with Crippen LogP contribution in [0.1, 0.15) is 26.7 Å². The minimum atomic E-state index is -0.917. The molecule has 7 nitrogen and oxygen atoms in total. The number of ether oxygens (including phenoxy) is 1. The van der Waals surface area contributed by atoms with Gasteiger partial charge in [0.2, 0.25) is 0 Å². The van der Waals surface area contributed by atoms with Crippen LogP contribution in [0.5, 0.6) is 0 Å². The molecule has 0 aromatic heterocycles. The molecule has 1 fully saturated rings. The first-order valence-electron chi connectivity index (χ1n) is 7.50. The number of morpholine rings is 1. The van der Waals surface area contributed by atoms with Crippen molar-refractivity contribution in [1.82, 2.24) is 15.1 Å². The van der Waals surface area contributed by atoms with Crippen molar-refractivity contribution in [3.05, 3.63) is 0 Å². The molecule has 1 saturated heterocycles. The number of aliphatic carboxylic acids is 1. The van der Waals surface area contributed by atoms with E-state index in [1.807, 2.05) is 7.05 Å². The Bertz CT molecular complexity index is 351. The number of carboxylic acids is 1. The van der Waals surface area contributed by atoms with Crippen molar-refractivity contribution in [3.63, 3.8) is 0 Å². The van der Waals surface area contributed by atoms with Crippen molar-refractivity contribution in [1.29, 1.82) is 0 Å². The van der Waals surface area contributed by atoms with Crippen LogP contribution in [0, 0.1) is 0 Å². The summed E-state index contributed by atoms with van der Waals surface area (Å²) in [6.07, 6.45) is 0.981. The Hall–Kier alpha value is -1.34. The van der Waals surface area contributed by atoms with Crippen LogP contribution in [0.3, 0.4) is 0 Å². The number of carbonyl (C=O) groups is 2. The SMILES string of the molecule is CCC(C)N(C)CCNC(=O)N1CCOCC1CC(=O)O. The maximum absolute atomic E-state index is 12.2. The summed E-state index contributed by atoms with van der Waals surface area (Å²) in [5.74, 6) is -0.917. The minimum absolute atomic E-state index is 0.0831. The average molecular weight is 301 g/mol. The number of hydrogen-bond acceptors (Lipinski definition) is 4. The van der Waals surface area contributed by atoms with E-state index in [0.29, 0.717) is 25.7 Å². The van der Waals surface area contributed by atoms with E-state index in [1.54, 1.807) is 4.90 Å². The first-order valence-corrected chi connectivity index (χ1v) is 7.50. The first-order chi connectivity index (χ1) is 9.95. The molecule has 21 heavy (non-hydrogen) atoms. The molecule has 0 aromatic carbocycles. The third-order valence-corrected chi connectivity index (χ3v) is 3.98. The second-order valence-corrected chi connectivity index (χ2v) is 5.49. The number of carboxylic acid groups (broad SMARTS) is 1. The van der Waals surface area contributed by atoms with Gasteiger partial charge < -0.3 is 25.0 Å². The van der Waals surface area contributed by atoms with Crippen LogP contribution in [0.4, 0.5) is 4.79 Å². The van der Waals surface area contributed by atoms with Crippen LogP contribution in [0.25, 0.3) is 0 Å². The van der Waals surface area contributed by atoms with E-state index in [-0.39, 0.29) is 25.1 Å². The third kappa shape index (κ3) is 5.89. The highest BCUT2D eigenvalue weighted by molar-refractivity contribution is 5.76. The molecule has 7 heteroatoms. The molecule has 0 aliphatic carbocycles. The minimum Gasteiger partial charge on any atom is -0.481 e. The predicted molar refractivity (Wildman–Crippen MR) is 79.3 cm³/mol. The highest BCUT2D eigenvalue weighted by Gasteiger charge is 2.28. The molecule has 2 amide bonds. The van der Waals surface area contributed by atoms with E-state index in [1.165, 1.54) is 0 Å². The van der Waals surface area contributed by atoms with Gasteiger partial charge in [-0.05, 0) is 20.4 Å². The highest BCUT2D eigenvalue weighted by Crippen LogP contribution is 2.10. The molecule has 0 saturated carbocycles. The summed E-state index contributed by atoms with van der Waals surface area (Å²) in [5.41, 5.74) is 0. The van der Waals surface area contributed by atoms with Gasteiger partial charge in [0, 0.05) is 25.7 Å². The Morgan fingerprint density at radius 1 is 1.52 bits per heavy atom. The van der Waals surface area contributed by atoms with E-state index < -0.39 is 5.97 Å². The highest BCUT2D eigenvalue weighted by atomic mass is 16.5. The van der Waals surface area contributed by atoms with Crippen molar-refractivity contribution in [3.8, 4) is 0 Å². The van der Waals surface area contributed by atoms with Gasteiger partial charge in [-0.2, -0.15) is 0 Å². The van der Waals surface area contributed by atoms with Gasteiger partial charge >= 0.3 is 12.0 Å². The van der Waals surface area contributed by atoms with Crippen LogP contribution in [-0.2, 0) is 9.53 Å². The summed E-state index contributed by atoms with van der Waals surface area (Å²) in [6, 6.07) is -0.115. The molecule has 0 radical (unpaired) electrons. The van der Waals surface area contributed by atoms with Crippen molar-refractivity contribution < 1.29 is 19.4 Å². The third-order valence-electron chi connectivity index (χ3n) is 3.98. The first kappa shape index (κ1) is 17.7. The van der Waals surface area contributed by atoms with Gasteiger partial charge in [-0.15, -0.1) is 0 Å². The number of urea groups is 1. The largest absolute Gasteiger partial charge is 0.481 e. The van der Waals surface area contributed by atoms with Gasteiger partial charge in [-0.3, -0.25) is 4.79 Å². The fraction of sp³-hybridized carbons (Fsp3) is 0.857. The number of amides is 2. The Balaban J connectivity index is 2.40. The maximum atomic E-state index is 12.2. The number of likely N-dealkylation sites (N-methyl/N-ethyl adjacent to an activating group) is 1. The number of rotatable bonds is 7. The lowest BCUT2D eigenvalue weighted by Crippen LogP contribution is -2.54. The fourth-order valence-corrected chi connectivity index (χ4v) is 2.27. The zero-order valence-electron chi connectivity index (χ0n) is 13.2. The van der Waals surface area contributed by atoms with Gasteiger partial charge in [0.05, 0.1) is 25.7 Å². The summed E-state index contributed by atoms with van der Waals surface area (Å²) in [6.45, 7) is 6.77. The second kappa shape index (κ2) is 8.84. The summed E-state index contributed by atoms with van der Waals surface area (Å²) in [7, 11) is 2.03. The normalized spacial score (nSPS) is 20.4. The molecule has 1 aliphatic heterocycles. The van der Waals surface area contributed by atoms with Crippen molar-refractivity contribution in [2.75, 3.05) is 39.9 Å². The molecule has 2 unspecified atom stereocenters. The van der Waals surface area contributed by atoms with E-state index in [9.17, 15) is 9.59 Å². The summed E-state index contributed by atoms with van der Waals surface area (Å²) in [5, 5.41) is 11.7. The van der Waals surface area contributed by atoms with Crippen LogP contribution in [0.15, 0.2) is 0 Å². The van der Waals surface area contributed by atoms with E-state index in [0.717, 1.165) is 13.0 Å². The van der Waals surface area contributed by atoms with E-state index in [4.69, 9.17) is 9.84 Å². The lowest BCUT2D eigenvalue weighted by atomic mass is 10.1. The number of carbonyl (C=O) groups excluding carboxylic acids is 1. The van der Waals surface area contributed by atoms with E-state index >= 15 is 0 Å². The topological polar surface area (TPSA) is 82.1 Å². The molecular formula is C14H27N3O4. The smallest absolute Gasteiger partial charge is 0.317 e. The van der Waals surface area contributed by atoms with Gasteiger partial charge in [0.25, 0.3) is 0 Å². The quantitative estimate of drug-likeness (QED) is 0.719. The molecule has 1 heterocycles. The standard InChI is InChI=1S/C14H27N3O4/c1-4-11(2)16(3)6-5-15-14(20)17-7-8-21-10-12(17)9-13(18)19/h11-12H,4-10H2,1-3H3,(H,15,20)(H,18,19). The zero-order chi connectivity index (χ0) is 15.8. The zero-order valence-corrected chi connectivity index (χ0v) is 13.2. The maximum Gasteiger partial charge on any atom is 0.317 e. The molecule has 2 N–H and O–H groups in total. The van der Waals surface area contributed by atoms with Gasteiger partial charge in [-0.1, -0.05) is 6.92 Å². The molecule has 0 aromatic rings. The van der Waals surface area contributed by atoms with Crippen LogP contribution in [0.2, 0.25) is 0 Å². The van der Waals surface area contributed by atoms with Gasteiger partial charge in [0.1, 0.15) is 0 Å². The van der Waals surface area contributed by atoms with Gasteiger partial charge in [0.15, 0.2) is 0 Å². The average Bonchev–Trinajstić information content (AvgIpc) is 2.46. The number of nitrogens with one attached hydrogen (secondary N) is 1. The lowest BCUT2D eigenvalue weighted by Gasteiger charge is -2.35. The van der Waals surface area contributed by atoms with Crippen molar-refractivity contribution >= 4 is 12.0 Å². The summed E-state index contributed by atoms with van der Waals surface area (Å²) >= 11 is 0. The lowest BCUT2D eigenvalue weighted by molar-refractivity contribution is -0.139. The fourth-order valence-electron chi connectivity index (χ4n) is 2.27.